The van der Waals surface area contributed by atoms with Gasteiger partial charge in [-0.2, -0.15) is 0 Å². The number of nitrogens with one attached hydrogen (secondary N) is 1. The topological polar surface area (TPSA) is 55.0 Å². The Kier molecular flexibility index (Phi) is 2.25. The largest absolute Gasteiger partial charge is 0.408 e. The number of hydrogen-bond acceptors (Lipinski definition) is 3. The van der Waals surface area contributed by atoms with E-state index in [2.05, 4.69) is 25.9 Å². The van der Waals surface area contributed by atoms with Crippen molar-refractivity contribution in [1.29, 1.82) is 0 Å². The molecule has 0 atom stereocenters. The lowest BCUT2D eigenvalue weighted by atomic mass is 10.3. The predicted molar refractivity (Wildman–Crippen MR) is 55.1 cm³/mol. The molecule has 0 fully saturated rings. The zero-order valence-electron chi connectivity index (χ0n) is 7.37. The van der Waals surface area contributed by atoms with Crippen molar-refractivity contribution < 1.29 is 9.53 Å². The molecule has 0 aliphatic carbocycles. The molecule has 72 valence electrons. The van der Waals surface area contributed by atoms with E-state index in [1.54, 1.807) is 6.20 Å². The van der Waals surface area contributed by atoms with Crippen molar-refractivity contribution in [3.05, 3.63) is 22.8 Å². The molecule has 0 amide bonds. The summed E-state index contributed by atoms with van der Waals surface area (Å²) in [6.07, 6.45) is 1.67. The van der Waals surface area contributed by atoms with Gasteiger partial charge in [-0.25, -0.2) is 4.98 Å². The Labute approximate surface area is 88.4 Å². The van der Waals surface area contributed by atoms with Crippen LogP contribution in [0.25, 0.3) is 11.0 Å². The van der Waals surface area contributed by atoms with Gasteiger partial charge in [0.15, 0.2) is 0 Å². The van der Waals surface area contributed by atoms with E-state index in [0.29, 0.717) is 11.5 Å². The molecule has 2 heterocycles. The molecule has 0 spiro atoms. The molecular weight excluding hydrogens is 248 g/mol. The minimum absolute atomic E-state index is 0.364. The minimum Gasteiger partial charge on any atom is -0.408 e. The zero-order chi connectivity index (χ0) is 10.1. The van der Waals surface area contributed by atoms with Gasteiger partial charge in [0, 0.05) is 18.5 Å². The number of carbonyl (C=O) groups is 1. The normalized spacial score (nSPS) is 10.4. The lowest BCUT2D eigenvalue weighted by Crippen LogP contribution is -2.01. The molecule has 0 radical (unpaired) electrons. The number of hydrogen-bond donors (Lipinski definition) is 1. The Morgan fingerprint density at radius 1 is 1.64 bits per heavy atom. The summed E-state index contributed by atoms with van der Waals surface area (Å²) in [5.74, 6) is 0.0310. The van der Waals surface area contributed by atoms with E-state index in [1.807, 2.05) is 12.1 Å². The first-order valence-electron chi connectivity index (χ1n) is 3.99. The quantitative estimate of drug-likeness (QED) is 0.795. The van der Waals surface area contributed by atoms with E-state index >= 15 is 0 Å². The standard InChI is InChI=1S/C9H7BrN2O2/c1-5(13)14-9-7(10)6-3-2-4-11-8(6)12-9/h2-4H,1H3,(H,11,12). The van der Waals surface area contributed by atoms with Gasteiger partial charge in [0.1, 0.15) is 5.65 Å². The van der Waals surface area contributed by atoms with Crippen LogP contribution in [0.3, 0.4) is 0 Å². The molecule has 0 saturated carbocycles. The van der Waals surface area contributed by atoms with E-state index in [4.69, 9.17) is 4.74 Å². The molecule has 0 bridgehead atoms. The van der Waals surface area contributed by atoms with Gasteiger partial charge in [-0.3, -0.25) is 4.79 Å². The maximum atomic E-state index is 10.8. The minimum atomic E-state index is -0.364. The third-order valence-corrected chi connectivity index (χ3v) is 2.51. The number of ether oxygens (including phenoxy) is 1. The van der Waals surface area contributed by atoms with Gasteiger partial charge < -0.3 is 9.72 Å². The lowest BCUT2D eigenvalue weighted by Gasteiger charge is -1.96. The fraction of sp³-hybridized carbons (Fsp3) is 0.111. The molecule has 5 heteroatoms. The van der Waals surface area contributed by atoms with Crippen LogP contribution in [0.5, 0.6) is 5.88 Å². The van der Waals surface area contributed by atoms with Crippen LogP contribution in [0.1, 0.15) is 6.92 Å². The first-order chi connectivity index (χ1) is 6.68. The number of H-pyrrole nitrogens is 1. The second-order valence-corrected chi connectivity index (χ2v) is 3.55. The maximum absolute atomic E-state index is 10.8. The summed E-state index contributed by atoms with van der Waals surface area (Å²) in [4.78, 5) is 17.7. The monoisotopic (exact) mass is 254 g/mol. The van der Waals surface area contributed by atoms with Crippen molar-refractivity contribution in [1.82, 2.24) is 9.97 Å². The van der Waals surface area contributed by atoms with Crippen LogP contribution in [-0.4, -0.2) is 15.9 Å². The van der Waals surface area contributed by atoms with E-state index < -0.39 is 0 Å². The third kappa shape index (κ3) is 1.50. The van der Waals surface area contributed by atoms with Crippen molar-refractivity contribution in [3.63, 3.8) is 0 Å². The van der Waals surface area contributed by atoms with Gasteiger partial charge in [-0.1, -0.05) is 0 Å². The molecule has 0 aliphatic rings. The van der Waals surface area contributed by atoms with Crippen LogP contribution >= 0.6 is 15.9 Å². The van der Waals surface area contributed by atoms with Gasteiger partial charge in [0.2, 0.25) is 5.88 Å². The number of halogens is 1. The summed E-state index contributed by atoms with van der Waals surface area (Å²) in [6.45, 7) is 1.35. The molecule has 0 unspecified atom stereocenters. The molecular formula is C9H7BrN2O2. The SMILES string of the molecule is CC(=O)Oc1[nH]c2ncccc2c1Br. The van der Waals surface area contributed by atoms with E-state index in [1.165, 1.54) is 6.92 Å². The average Bonchev–Trinajstić information content (AvgIpc) is 2.44. The van der Waals surface area contributed by atoms with Gasteiger partial charge in [-0.15, -0.1) is 0 Å². The fourth-order valence-electron chi connectivity index (χ4n) is 1.18. The Balaban J connectivity index is 2.57. The van der Waals surface area contributed by atoms with Crippen molar-refractivity contribution >= 4 is 32.9 Å². The van der Waals surface area contributed by atoms with E-state index in [0.717, 1.165) is 9.86 Å². The summed E-state index contributed by atoms with van der Waals surface area (Å²) in [5, 5.41) is 0.892. The first-order valence-corrected chi connectivity index (χ1v) is 4.78. The van der Waals surface area contributed by atoms with Crippen molar-refractivity contribution in [3.8, 4) is 5.88 Å². The number of aromatic amines is 1. The number of esters is 1. The van der Waals surface area contributed by atoms with E-state index in [9.17, 15) is 4.79 Å². The summed E-state index contributed by atoms with van der Waals surface area (Å²) in [5.41, 5.74) is 0.690. The molecule has 0 aliphatic heterocycles. The van der Waals surface area contributed by atoms with E-state index in [-0.39, 0.29) is 5.97 Å². The summed E-state index contributed by atoms with van der Waals surface area (Å²) in [7, 11) is 0. The number of carbonyl (C=O) groups excluding carboxylic acids is 1. The highest BCUT2D eigenvalue weighted by atomic mass is 79.9. The van der Waals surface area contributed by atoms with Crippen molar-refractivity contribution in [2.45, 2.75) is 6.92 Å². The Hall–Kier alpha value is -1.36. The second-order valence-electron chi connectivity index (χ2n) is 2.76. The number of aromatic nitrogens is 2. The summed E-state index contributed by atoms with van der Waals surface area (Å²) < 4.78 is 5.67. The highest BCUT2D eigenvalue weighted by Gasteiger charge is 2.11. The van der Waals surface area contributed by atoms with Gasteiger partial charge >= 0.3 is 5.97 Å². The second kappa shape index (κ2) is 3.42. The lowest BCUT2D eigenvalue weighted by molar-refractivity contribution is -0.132. The van der Waals surface area contributed by atoms with Gasteiger partial charge in [0.25, 0.3) is 0 Å². The number of fused-ring (bicyclic) bond motifs is 1. The zero-order valence-corrected chi connectivity index (χ0v) is 8.96. The van der Waals surface area contributed by atoms with Crippen LogP contribution < -0.4 is 4.74 Å². The van der Waals surface area contributed by atoms with Crippen LogP contribution in [0, 0.1) is 0 Å². The fourth-order valence-corrected chi connectivity index (χ4v) is 1.68. The molecule has 0 aromatic carbocycles. The molecule has 0 saturated heterocycles. The molecule has 14 heavy (non-hydrogen) atoms. The van der Waals surface area contributed by atoms with Gasteiger partial charge in [0.05, 0.1) is 4.47 Å². The number of nitrogens with zero attached hydrogens (tertiary/aromatic N) is 1. The summed E-state index contributed by atoms with van der Waals surface area (Å²) in [6, 6.07) is 3.70. The first kappa shape index (κ1) is 9.21. The predicted octanol–water partition coefficient (Wildman–Crippen LogP) is 2.25. The Morgan fingerprint density at radius 2 is 2.43 bits per heavy atom. The Bertz CT molecular complexity index is 493. The number of pyridine rings is 1. The molecule has 1 N–H and O–H groups in total. The Morgan fingerprint density at radius 3 is 3.07 bits per heavy atom. The highest BCUT2D eigenvalue weighted by molar-refractivity contribution is 9.10. The maximum Gasteiger partial charge on any atom is 0.309 e. The van der Waals surface area contributed by atoms with Gasteiger partial charge in [-0.05, 0) is 28.1 Å². The highest BCUT2D eigenvalue weighted by Crippen LogP contribution is 2.31. The molecule has 2 aromatic rings. The molecule has 2 rings (SSSR count). The van der Waals surface area contributed by atoms with Crippen LogP contribution in [0.4, 0.5) is 0 Å². The van der Waals surface area contributed by atoms with Crippen molar-refractivity contribution in [2.75, 3.05) is 0 Å². The smallest absolute Gasteiger partial charge is 0.309 e. The molecule has 2 aromatic heterocycles. The van der Waals surface area contributed by atoms with Crippen LogP contribution in [-0.2, 0) is 4.79 Å². The third-order valence-electron chi connectivity index (χ3n) is 1.72. The van der Waals surface area contributed by atoms with Crippen LogP contribution in [0.15, 0.2) is 22.8 Å². The molecule has 4 nitrogen and oxygen atoms in total. The number of rotatable bonds is 1. The average molecular weight is 255 g/mol. The summed E-state index contributed by atoms with van der Waals surface area (Å²) >= 11 is 3.33. The van der Waals surface area contributed by atoms with Crippen molar-refractivity contribution in [2.24, 2.45) is 0 Å². The van der Waals surface area contributed by atoms with Crippen LogP contribution in [0.2, 0.25) is 0 Å².